The van der Waals surface area contributed by atoms with Crippen LogP contribution in [0.3, 0.4) is 0 Å². The summed E-state index contributed by atoms with van der Waals surface area (Å²) < 4.78 is 5.67. The van der Waals surface area contributed by atoms with Crippen LogP contribution in [-0.4, -0.2) is 36.2 Å². The largest absolute Gasteiger partial charge is 0.494 e. The quantitative estimate of drug-likeness (QED) is 0.741. The first kappa shape index (κ1) is 18.9. The van der Waals surface area contributed by atoms with Crippen LogP contribution < -0.4 is 4.74 Å². The molecule has 1 aliphatic heterocycles. The minimum absolute atomic E-state index is 0.0803. The van der Waals surface area contributed by atoms with E-state index in [0.717, 1.165) is 44.0 Å². The lowest BCUT2D eigenvalue weighted by molar-refractivity contribution is 0.109. The van der Waals surface area contributed by atoms with Gasteiger partial charge in [0.1, 0.15) is 5.75 Å². The second-order valence-electron chi connectivity index (χ2n) is 7.24. The van der Waals surface area contributed by atoms with E-state index in [1.54, 1.807) is 0 Å². The zero-order valence-electron chi connectivity index (χ0n) is 15.8. The van der Waals surface area contributed by atoms with Crippen molar-refractivity contribution >= 4 is 0 Å². The lowest BCUT2D eigenvalue weighted by Gasteiger charge is -2.33. The molecule has 2 aromatic carbocycles. The first-order chi connectivity index (χ1) is 12.8. The van der Waals surface area contributed by atoms with Crippen molar-refractivity contribution in [3.05, 3.63) is 65.7 Å². The second kappa shape index (κ2) is 9.75. The Balaban J connectivity index is 1.76. The third-order valence-electron chi connectivity index (χ3n) is 5.21. The van der Waals surface area contributed by atoms with Crippen LogP contribution in [0.4, 0.5) is 0 Å². The highest BCUT2D eigenvalue weighted by molar-refractivity contribution is 5.32. The number of piperidine rings is 1. The van der Waals surface area contributed by atoms with Crippen LogP contribution >= 0.6 is 0 Å². The maximum Gasteiger partial charge on any atom is 0.119 e. The molecule has 1 heterocycles. The lowest BCUT2D eigenvalue weighted by atomic mass is 9.88. The van der Waals surface area contributed by atoms with Crippen LogP contribution in [-0.2, 0) is 0 Å². The summed E-state index contributed by atoms with van der Waals surface area (Å²) in [4.78, 5) is 2.50. The summed E-state index contributed by atoms with van der Waals surface area (Å²) in [5.41, 5.74) is 2.16. The zero-order valence-corrected chi connectivity index (χ0v) is 15.8. The monoisotopic (exact) mass is 353 g/mol. The molecule has 1 saturated heterocycles. The highest BCUT2D eigenvalue weighted by Gasteiger charge is 2.26. The Morgan fingerprint density at radius 1 is 0.923 bits per heavy atom. The molecule has 26 heavy (non-hydrogen) atoms. The van der Waals surface area contributed by atoms with Crippen LogP contribution in [0.5, 0.6) is 5.75 Å². The van der Waals surface area contributed by atoms with Crippen LogP contribution in [0.1, 0.15) is 55.8 Å². The number of rotatable bonds is 8. The highest BCUT2D eigenvalue weighted by atomic mass is 16.5. The fourth-order valence-corrected chi connectivity index (χ4v) is 3.72. The van der Waals surface area contributed by atoms with E-state index in [-0.39, 0.29) is 5.92 Å². The molecule has 0 aliphatic carbocycles. The van der Waals surface area contributed by atoms with E-state index in [9.17, 15) is 5.11 Å². The van der Waals surface area contributed by atoms with Crippen molar-refractivity contribution in [2.45, 2.75) is 44.6 Å². The maximum absolute atomic E-state index is 11.2. The van der Waals surface area contributed by atoms with Crippen molar-refractivity contribution in [2.24, 2.45) is 0 Å². The number of nitrogens with zero attached hydrogens (tertiary/aromatic N) is 1. The SMILES string of the molecule is CCCOc1ccc([C@@H](O)[C@@H](CN2CCCCC2)c2ccccc2)cc1. The molecule has 1 N–H and O–H groups in total. The van der Waals surface area contributed by atoms with Gasteiger partial charge in [-0.3, -0.25) is 0 Å². The van der Waals surface area contributed by atoms with Crippen molar-refractivity contribution in [3.8, 4) is 5.75 Å². The molecule has 0 saturated carbocycles. The number of aliphatic hydroxyl groups excluding tert-OH is 1. The van der Waals surface area contributed by atoms with Gasteiger partial charge in [-0.15, -0.1) is 0 Å². The lowest BCUT2D eigenvalue weighted by Crippen LogP contribution is -2.35. The molecule has 3 rings (SSSR count). The van der Waals surface area contributed by atoms with Crippen molar-refractivity contribution in [2.75, 3.05) is 26.2 Å². The van der Waals surface area contributed by atoms with Gasteiger partial charge in [-0.2, -0.15) is 0 Å². The predicted molar refractivity (Wildman–Crippen MR) is 107 cm³/mol. The van der Waals surface area contributed by atoms with E-state index >= 15 is 0 Å². The smallest absolute Gasteiger partial charge is 0.119 e. The predicted octanol–water partition coefficient (Wildman–Crippen LogP) is 4.78. The average molecular weight is 354 g/mol. The fraction of sp³-hybridized carbons (Fsp3) is 0.478. The standard InChI is InChI=1S/C23H31NO2/c1-2-17-26-21-13-11-20(12-14-21)23(25)22(19-9-5-3-6-10-19)18-24-15-7-4-8-16-24/h3,5-6,9-14,22-23,25H,2,4,7-8,15-18H2,1H3/t22-,23+/m0/s1. The molecule has 0 radical (unpaired) electrons. The molecule has 0 bridgehead atoms. The molecule has 2 aromatic rings. The second-order valence-corrected chi connectivity index (χ2v) is 7.24. The first-order valence-electron chi connectivity index (χ1n) is 9.96. The van der Waals surface area contributed by atoms with Gasteiger partial charge in [-0.25, -0.2) is 0 Å². The van der Waals surface area contributed by atoms with Crippen LogP contribution in [0, 0.1) is 0 Å². The van der Waals surface area contributed by atoms with Gasteiger partial charge >= 0.3 is 0 Å². The normalized spacial score (nSPS) is 17.6. The Morgan fingerprint density at radius 3 is 2.27 bits per heavy atom. The maximum atomic E-state index is 11.2. The number of hydrogen-bond donors (Lipinski definition) is 1. The van der Waals surface area contributed by atoms with Crippen LogP contribution in [0.15, 0.2) is 54.6 Å². The van der Waals surface area contributed by atoms with Gasteiger partial charge in [0, 0.05) is 12.5 Å². The molecule has 0 unspecified atom stereocenters. The van der Waals surface area contributed by atoms with Gasteiger partial charge in [0.05, 0.1) is 12.7 Å². The number of ether oxygens (including phenoxy) is 1. The molecule has 0 aromatic heterocycles. The third kappa shape index (κ3) is 5.09. The highest BCUT2D eigenvalue weighted by Crippen LogP contribution is 2.33. The average Bonchev–Trinajstić information content (AvgIpc) is 2.72. The van der Waals surface area contributed by atoms with E-state index < -0.39 is 6.10 Å². The Kier molecular flexibility index (Phi) is 7.10. The Morgan fingerprint density at radius 2 is 1.62 bits per heavy atom. The first-order valence-corrected chi connectivity index (χ1v) is 9.96. The summed E-state index contributed by atoms with van der Waals surface area (Å²) in [6.07, 6.45) is 4.34. The van der Waals surface area contributed by atoms with Gasteiger partial charge in [-0.05, 0) is 55.6 Å². The number of likely N-dealkylation sites (tertiary alicyclic amines) is 1. The van der Waals surface area contributed by atoms with E-state index in [1.807, 2.05) is 30.3 Å². The Labute approximate surface area is 157 Å². The van der Waals surface area contributed by atoms with E-state index in [4.69, 9.17) is 4.74 Å². The molecule has 0 spiro atoms. The number of aliphatic hydroxyl groups is 1. The van der Waals surface area contributed by atoms with E-state index in [2.05, 4.69) is 36.1 Å². The minimum atomic E-state index is -0.514. The van der Waals surface area contributed by atoms with Gasteiger partial charge in [0.25, 0.3) is 0 Å². The molecular weight excluding hydrogens is 322 g/mol. The van der Waals surface area contributed by atoms with Crippen LogP contribution in [0.25, 0.3) is 0 Å². The summed E-state index contributed by atoms with van der Waals surface area (Å²) in [7, 11) is 0. The summed E-state index contributed by atoms with van der Waals surface area (Å²) in [5, 5.41) is 11.2. The minimum Gasteiger partial charge on any atom is -0.494 e. The fourth-order valence-electron chi connectivity index (χ4n) is 3.72. The topological polar surface area (TPSA) is 32.7 Å². The van der Waals surface area contributed by atoms with Crippen molar-refractivity contribution in [1.29, 1.82) is 0 Å². The van der Waals surface area contributed by atoms with Gasteiger partial charge in [0.2, 0.25) is 0 Å². The summed E-state index contributed by atoms with van der Waals surface area (Å²) in [6.45, 7) is 6.01. The Hall–Kier alpha value is -1.84. The van der Waals surface area contributed by atoms with Crippen molar-refractivity contribution in [1.82, 2.24) is 4.90 Å². The number of benzene rings is 2. The van der Waals surface area contributed by atoms with Gasteiger partial charge in [0.15, 0.2) is 0 Å². The molecular formula is C23H31NO2. The van der Waals surface area contributed by atoms with Crippen molar-refractivity contribution in [3.63, 3.8) is 0 Å². The molecule has 1 aliphatic rings. The van der Waals surface area contributed by atoms with Gasteiger partial charge in [-0.1, -0.05) is 55.8 Å². The summed E-state index contributed by atoms with van der Waals surface area (Å²) in [6, 6.07) is 18.4. The molecule has 1 fully saturated rings. The third-order valence-corrected chi connectivity index (χ3v) is 5.21. The summed E-state index contributed by atoms with van der Waals surface area (Å²) >= 11 is 0. The molecule has 140 valence electrons. The number of hydrogen-bond acceptors (Lipinski definition) is 3. The summed E-state index contributed by atoms with van der Waals surface area (Å²) in [5.74, 6) is 0.951. The van der Waals surface area contributed by atoms with E-state index in [1.165, 1.54) is 24.8 Å². The van der Waals surface area contributed by atoms with Gasteiger partial charge < -0.3 is 14.7 Å². The molecule has 0 amide bonds. The van der Waals surface area contributed by atoms with Crippen LogP contribution in [0.2, 0.25) is 0 Å². The molecule has 2 atom stereocenters. The Bertz CT molecular complexity index is 635. The zero-order chi connectivity index (χ0) is 18.2. The van der Waals surface area contributed by atoms with E-state index in [0.29, 0.717) is 0 Å². The molecule has 3 nitrogen and oxygen atoms in total. The molecule has 3 heteroatoms. The van der Waals surface area contributed by atoms with Crippen molar-refractivity contribution < 1.29 is 9.84 Å².